The van der Waals surface area contributed by atoms with Gasteiger partial charge in [-0.25, -0.2) is 0 Å². The zero-order valence-corrected chi connectivity index (χ0v) is 11.5. The molecule has 1 aromatic carbocycles. The quantitative estimate of drug-likeness (QED) is 0.583. The molecule has 0 atom stereocenters. The summed E-state index contributed by atoms with van der Waals surface area (Å²) >= 11 is 0. The van der Waals surface area contributed by atoms with Gasteiger partial charge in [-0.3, -0.25) is 0 Å². The van der Waals surface area contributed by atoms with Crippen LogP contribution in [0.2, 0.25) is 0 Å². The molecule has 0 nitrogen and oxygen atoms in total. The maximum atomic E-state index is 4.14. The Balaban J connectivity index is 3.17. The first-order valence-corrected chi connectivity index (χ1v) is 6.16. The minimum atomic E-state index is 0.872. The first-order chi connectivity index (χ1) is 9.06. The van der Waals surface area contributed by atoms with Gasteiger partial charge >= 0.3 is 0 Å². The molecule has 0 aliphatic carbocycles. The first kappa shape index (κ1) is 14.7. The van der Waals surface area contributed by atoms with Crippen molar-refractivity contribution in [1.29, 1.82) is 0 Å². The smallest absolute Gasteiger partial charge is 0.0109 e. The predicted molar refractivity (Wildman–Crippen MR) is 86.9 cm³/mol. The third kappa shape index (κ3) is 4.44. The van der Waals surface area contributed by atoms with Gasteiger partial charge in [0.25, 0.3) is 0 Å². The van der Waals surface area contributed by atoms with E-state index in [1.165, 1.54) is 0 Å². The van der Waals surface area contributed by atoms with E-state index >= 15 is 0 Å². The van der Waals surface area contributed by atoms with Crippen molar-refractivity contribution in [3.63, 3.8) is 0 Å². The molecule has 0 aromatic heterocycles. The van der Waals surface area contributed by atoms with E-state index < -0.39 is 0 Å². The molecular weight excluding hydrogens is 228 g/mol. The van der Waals surface area contributed by atoms with Crippen LogP contribution in [0.5, 0.6) is 0 Å². The van der Waals surface area contributed by atoms with Gasteiger partial charge in [-0.1, -0.05) is 86.5 Å². The zero-order chi connectivity index (χ0) is 14.3. The lowest BCUT2D eigenvalue weighted by Gasteiger charge is -2.12. The molecule has 0 heterocycles. The van der Waals surface area contributed by atoms with Crippen molar-refractivity contribution in [3.05, 3.63) is 103 Å². The Hall–Kier alpha value is -2.34. The summed E-state index contributed by atoms with van der Waals surface area (Å²) in [5.41, 5.74) is 4.92. The standard InChI is InChI=1S/C19H20/c1-6-7-11-16(4)17(5)19(14-15(2)3)18-12-9-8-10-13-18/h6-14H,1-2,4-5H2,3H3/b11-7-,19-14+. The van der Waals surface area contributed by atoms with Crippen LogP contribution in [0.1, 0.15) is 12.5 Å². The summed E-state index contributed by atoms with van der Waals surface area (Å²) in [6, 6.07) is 10.1. The van der Waals surface area contributed by atoms with E-state index in [1.54, 1.807) is 6.08 Å². The van der Waals surface area contributed by atoms with E-state index in [2.05, 4.69) is 38.4 Å². The number of hydrogen-bond acceptors (Lipinski definition) is 0. The van der Waals surface area contributed by atoms with E-state index in [0.29, 0.717) is 0 Å². The lowest BCUT2D eigenvalue weighted by Crippen LogP contribution is -1.91. The van der Waals surface area contributed by atoms with Gasteiger partial charge in [-0.2, -0.15) is 0 Å². The fourth-order valence-corrected chi connectivity index (χ4v) is 1.67. The fraction of sp³-hybridized carbons (Fsp3) is 0.0526. The molecular formula is C19H20. The van der Waals surface area contributed by atoms with Crippen LogP contribution in [0.15, 0.2) is 97.7 Å². The van der Waals surface area contributed by atoms with Crippen molar-refractivity contribution in [2.24, 2.45) is 0 Å². The third-order valence-electron chi connectivity index (χ3n) is 2.62. The highest BCUT2D eigenvalue weighted by atomic mass is 14.1. The van der Waals surface area contributed by atoms with Crippen molar-refractivity contribution < 1.29 is 0 Å². The molecule has 0 N–H and O–H groups in total. The SMILES string of the molecule is C=C/C=C\C(=C)C(=C)/C(=C\C(=C)C)c1ccccc1. The Kier molecular flexibility index (Phi) is 5.56. The molecule has 19 heavy (non-hydrogen) atoms. The Labute approximate surface area is 116 Å². The number of hydrogen-bond donors (Lipinski definition) is 0. The molecule has 96 valence electrons. The summed E-state index contributed by atoms with van der Waals surface area (Å²) in [4.78, 5) is 0. The third-order valence-corrected chi connectivity index (χ3v) is 2.62. The van der Waals surface area contributed by atoms with Crippen LogP contribution in [-0.4, -0.2) is 0 Å². The summed E-state index contributed by atoms with van der Waals surface area (Å²) in [5.74, 6) is 0. The molecule has 0 aliphatic heterocycles. The predicted octanol–water partition coefficient (Wildman–Crippen LogP) is 5.50. The molecule has 0 saturated carbocycles. The van der Waals surface area contributed by atoms with Gasteiger partial charge in [-0.05, 0) is 29.2 Å². The molecule has 0 fully saturated rings. The van der Waals surface area contributed by atoms with Crippen LogP contribution in [-0.2, 0) is 0 Å². The highest BCUT2D eigenvalue weighted by Gasteiger charge is 2.07. The van der Waals surface area contributed by atoms with Gasteiger partial charge in [0, 0.05) is 0 Å². The molecule has 0 saturated heterocycles. The summed E-state index contributed by atoms with van der Waals surface area (Å²) in [5, 5.41) is 0. The summed E-state index contributed by atoms with van der Waals surface area (Å²) in [6.07, 6.45) is 7.52. The number of rotatable bonds is 6. The van der Waals surface area contributed by atoms with Gasteiger partial charge < -0.3 is 0 Å². The molecule has 0 radical (unpaired) electrons. The topological polar surface area (TPSA) is 0 Å². The van der Waals surface area contributed by atoms with Crippen LogP contribution < -0.4 is 0 Å². The molecule has 0 aliphatic rings. The molecule has 1 aromatic rings. The second-order valence-corrected chi connectivity index (χ2v) is 4.37. The van der Waals surface area contributed by atoms with Crippen molar-refractivity contribution in [2.45, 2.75) is 6.92 Å². The fourth-order valence-electron chi connectivity index (χ4n) is 1.67. The van der Waals surface area contributed by atoms with E-state index in [9.17, 15) is 0 Å². The highest BCUT2D eigenvalue weighted by molar-refractivity contribution is 5.85. The second-order valence-electron chi connectivity index (χ2n) is 4.37. The van der Waals surface area contributed by atoms with E-state index in [-0.39, 0.29) is 0 Å². The van der Waals surface area contributed by atoms with E-state index in [4.69, 9.17) is 0 Å². The van der Waals surface area contributed by atoms with Gasteiger partial charge in [0.05, 0.1) is 0 Å². The Morgan fingerprint density at radius 1 is 1.05 bits per heavy atom. The van der Waals surface area contributed by atoms with Crippen LogP contribution >= 0.6 is 0 Å². The van der Waals surface area contributed by atoms with E-state index in [0.717, 1.165) is 27.9 Å². The Morgan fingerprint density at radius 3 is 2.21 bits per heavy atom. The van der Waals surface area contributed by atoms with Crippen molar-refractivity contribution in [1.82, 2.24) is 0 Å². The largest absolute Gasteiger partial charge is 0.0991 e. The lowest BCUT2D eigenvalue weighted by atomic mass is 9.92. The lowest BCUT2D eigenvalue weighted by molar-refractivity contribution is 1.50. The van der Waals surface area contributed by atoms with Crippen LogP contribution in [0.25, 0.3) is 5.57 Å². The normalized spacial score (nSPS) is 11.3. The molecule has 0 heteroatoms. The van der Waals surface area contributed by atoms with Crippen molar-refractivity contribution in [2.75, 3.05) is 0 Å². The molecule has 0 bridgehead atoms. The van der Waals surface area contributed by atoms with Gasteiger partial charge in [0.2, 0.25) is 0 Å². The maximum absolute atomic E-state index is 4.14. The van der Waals surface area contributed by atoms with Crippen LogP contribution in [0.4, 0.5) is 0 Å². The van der Waals surface area contributed by atoms with E-state index in [1.807, 2.05) is 43.4 Å². The molecule has 0 unspecified atom stereocenters. The van der Waals surface area contributed by atoms with Crippen LogP contribution in [0, 0.1) is 0 Å². The second kappa shape index (κ2) is 7.17. The summed E-state index contributed by atoms with van der Waals surface area (Å²) in [7, 11) is 0. The Morgan fingerprint density at radius 2 is 1.68 bits per heavy atom. The summed E-state index contributed by atoms with van der Waals surface area (Å²) in [6.45, 7) is 17.8. The van der Waals surface area contributed by atoms with Gasteiger partial charge in [-0.15, -0.1) is 0 Å². The first-order valence-electron chi connectivity index (χ1n) is 6.16. The molecule has 0 spiro atoms. The Bertz CT molecular complexity index is 551. The number of benzene rings is 1. The molecule has 1 rings (SSSR count). The minimum absolute atomic E-state index is 0.872. The average molecular weight is 248 g/mol. The monoisotopic (exact) mass is 248 g/mol. The van der Waals surface area contributed by atoms with Crippen LogP contribution in [0.3, 0.4) is 0 Å². The number of allylic oxidation sites excluding steroid dienone is 8. The molecule has 0 amide bonds. The summed E-state index contributed by atoms with van der Waals surface area (Å²) < 4.78 is 0. The average Bonchev–Trinajstić information content (AvgIpc) is 2.42. The van der Waals surface area contributed by atoms with Gasteiger partial charge in [0.15, 0.2) is 0 Å². The van der Waals surface area contributed by atoms with Gasteiger partial charge in [0.1, 0.15) is 0 Å². The van der Waals surface area contributed by atoms with Crippen molar-refractivity contribution >= 4 is 5.57 Å². The highest BCUT2D eigenvalue weighted by Crippen LogP contribution is 2.28. The zero-order valence-electron chi connectivity index (χ0n) is 11.5. The minimum Gasteiger partial charge on any atom is -0.0991 e. The van der Waals surface area contributed by atoms with Crippen molar-refractivity contribution in [3.8, 4) is 0 Å². The maximum Gasteiger partial charge on any atom is -0.0109 e.